The molecule has 0 radical (unpaired) electrons. The second-order valence-electron chi connectivity index (χ2n) is 4.76. The Morgan fingerprint density at radius 2 is 2.37 bits per heavy atom. The minimum absolute atomic E-state index is 0.00699. The van der Waals surface area contributed by atoms with E-state index in [4.69, 9.17) is 5.11 Å². The van der Waals surface area contributed by atoms with E-state index in [0.29, 0.717) is 0 Å². The molecule has 0 aliphatic carbocycles. The molecule has 1 aliphatic rings. The maximum absolute atomic E-state index is 10.7. The van der Waals surface area contributed by atoms with Gasteiger partial charge in [0.15, 0.2) is 5.69 Å². The number of hydrogen-bond donors (Lipinski definition) is 1. The van der Waals surface area contributed by atoms with Crippen molar-refractivity contribution in [2.75, 3.05) is 13.1 Å². The number of carbonyl (C=O) groups is 1. The Bertz CT molecular complexity index is 600. The zero-order valence-electron chi connectivity index (χ0n) is 10.5. The SMILES string of the molecule is Cc1ccsc1CN1CC(n2cc(C(=O)O)nn2)C1. The molecule has 0 aromatic carbocycles. The number of hydrogen-bond acceptors (Lipinski definition) is 5. The van der Waals surface area contributed by atoms with Crippen LogP contribution in [0.4, 0.5) is 0 Å². The Morgan fingerprint density at radius 3 is 2.95 bits per heavy atom. The zero-order chi connectivity index (χ0) is 13.4. The van der Waals surface area contributed by atoms with Crippen LogP contribution >= 0.6 is 11.3 Å². The summed E-state index contributed by atoms with van der Waals surface area (Å²) in [6.07, 6.45) is 1.50. The smallest absolute Gasteiger partial charge is 0.358 e. The molecule has 1 fully saturated rings. The first-order valence-corrected chi connectivity index (χ1v) is 6.92. The van der Waals surface area contributed by atoms with Crippen molar-refractivity contribution >= 4 is 17.3 Å². The molecule has 2 aromatic rings. The second-order valence-corrected chi connectivity index (χ2v) is 5.76. The van der Waals surface area contributed by atoms with Gasteiger partial charge in [0.05, 0.1) is 12.2 Å². The molecule has 3 rings (SSSR count). The molecule has 0 spiro atoms. The van der Waals surface area contributed by atoms with E-state index in [1.165, 1.54) is 16.6 Å². The fraction of sp³-hybridized carbons (Fsp3) is 0.417. The molecule has 1 aliphatic heterocycles. The van der Waals surface area contributed by atoms with Crippen LogP contribution in [0.25, 0.3) is 0 Å². The molecular weight excluding hydrogens is 264 g/mol. The van der Waals surface area contributed by atoms with Crippen LogP contribution in [-0.4, -0.2) is 44.1 Å². The van der Waals surface area contributed by atoms with Crippen LogP contribution in [0.15, 0.2) is 17.6 Å². The van der Waals surface area contributed by atoms with Crippen molar-refractivity contribution in [1.29, 1.82) is 0 Å². The summed E-state index contributed by atoms with van der Waals surface area (Å²) in [4.78, 5) is 14.4. The Labute approximate surface area is 114 Å². The van der Waals surface area contributed by atoms with Crippen molar-refractivity contribution in [3.05, 3.63) is 33.8 Å². The predicted octanol–water partition coefficient (Wildman–Crippen LogP) is 1.40. The van der Waals surface area contributed by atoms with Gasteiger partial charge in [0.25, 0.3) is 0 Å². The van der Waals surface area contributed by atoms with Crippen LogP contribution in [0.3, 0.4) is 0 Å². The van der Waals surface area contributed by atoms with Gasteiger partial charge in [-0.25, -0.2) is 9.48 Å². The summed E-state index contributed by atoms with van der Waals surface area (Å²) in [5, 5.41) is 18.4. The van der Waals surface area contributed by atoms with Crippen molar-refractivity contribution < 1.29 is 9.90 Å². The van der Waals surface area contributed by atoms with Gasteiger partial charge in [-0.05, 0) is 23.9 Å². The Balaban J connectivity index is 1.57. The minimum Gasteiger partial charge on any atom is -0.476 e. The van der Waals surface area contributed by atoms with E-state index >= 15 is 0 Å². The molecule has 6 nitrogen and oxygen atoms in total. The van der Waals surface area contributed by atoms with E-state index in [9.17, 15) is 4.79 Å². The first kappa shape index (κ1) is 12.3. The summed E-state index contributed by atoms with van der Waals surface area (Å²) in [6, 6.07) is 2.37. The highest BCUT2D eigenvalue weighted by Gasteiger charge is 2.30. The van der Waals surface area contributed by atoms with E-state index in [2.05, 4.69) is 33.6 Å². The van der Waals surface area contributed by atoms with Crippen LogP contribution in [0.5, 0.6) is 0 Å². The van der Waals surface area contributed by atoms with E-state index in [1.54, 1.807) is 16.0 Å². The normalized spacial score (nSPS) is 16.5. The van der Waals surface area contributed by atoms with Gasteiger partial charge in [0, 0.05) is 24.5 Å². The third-order valence-corrected chi connectivity index (χ3v) is 4.38. The van der Waals surface area contributed by atoms with Crippen LogP contribution in [0.2, 0.25) is 0 Å². The largest absolute Gasteiger partial charge is 0.476 e. The number of aromatic carboxylic acids is 1. The molecule has 0 unspecified atom stereocenters. The molecule has 0 amide bonds. The highest BCUT2D eigenvalue weighted by Crippen LogP contribution is 2.25. The number of rotatable bonds is 4. The minimum atomic E-state index is -1.03. The third-order valence-electron chi connectivity index (χ3n) is 3.38. The van der Waals surface area contributed by atoms with Gasteiger partial charge in [0.1, 0.15) is 0 Å². The van der Waals surface area contributed by atoms with Gasteiger partial charge in [0.2, 0.25) is 0 Å². The number of likely N-dealkylation sites (tertiary alicyclic amines) is 1. The number of carboxylic acids is 1. The first-order valence-electron chi connectivity index (χ1n) is 6.04. The molecule has 19 heavy (non-hydrogen) atoms. The molecule has 1 saturated heterocycles. The summed E-state index contributed by atoms with van der Waals surface area (Å²) in [6.45, 7) is 4.86. The number of nitrogens with zero attached hydrogens (tertiary/aromatic N) is 4. The van der Waals surface area contributed by atoms with Crippen LogP contribution in [0, 0.1) is 6.92 Å². The predicted molar refractivity (Wildman–Crippen MR) is 70.4 cm³/mol. The van der Waals surface area contributed by atoms with Crippen molar-refractivity contribution in [2.45, 2.75) is 19.5 Å². The maximum atomic E-state index is 10.7. The van der Waals surface area contributed by atoms with Gasteiger partial charge in [-0.2, -0.15) is 0 Å². The molecule has 3 heterocycles. The van der Waals surface area contributed by atoms with Gasteiger partial charge >= 0.3 is 5.97 Å². The summed E-state index contributed by atoms with van der Waals surface area (Å²) in [5.74, 6) is -1.03. The summed E-state index contributed by atoms with van der Waals surface area (Å²) < 4.78 is 1.65. The van der Waals surface area contributed by atoms with Crippen LogP contribution < -0.4 is 0 Å². The molecule has 0 atom stereocenters. The highest BCUT2D eigenvalue weighted by molar-refractivity contribution is 7.10. The van der Waals surface area contributed by atoms with E-state index < -0.39 is 5.97 Å². The molecule has 0 saturated carbocycles. The average Bonchev–Trinajstić information content (AvgIpc) is 2.92. The number of aromatic nitrogens is 3. The lowest BCUT2D eigenvalue weighted by Gasteiger charge is -2.38. The summed E-state index contributed by atoms with van der Waals surface area (Å²) in [5.41, 5.74) is 1.34. The molecule has 0 bridgehead atoms. The topological polar surface area (TPSA) is 71.2 Å². The monoisotopic (exact) mass is 278 g/mol. The maximum Gasteiger partial charge on any atom is 0.358 e. The van der Waals surface area contributed by atoms with E-state index in [1.807, 2.05) is 0 Å². The lowest BCUT2D eigenvalue weighted by atomic mass is 10.1. The van der Waals surface area contributed by atoms with Gasteiger partial charge in [-0.3, -0.25) is 4.90 Å². The Kier molecular flexibility index (Phi) is 3.08. The molecule has 1 N–H and O–H groups in total. The van der Waals surface area contributed by atoms with E-state index in [0.717, 1.165) is 19.6 Å². The Hall–Kier alpha value is -1.73. The molecule has 100 valence electrons. The fourth-order valence-electron chi connectivity index (χ4n) is 2.16. The lowest BCUT2D eigenvalue weighted by molar-refractivity contribution is 0.0690. The van der Waals surface area contributed by atoms with Gasteiger partial charge in [-0.1, -0.05) is 5.21 Å². The molecular formula is C12H14N4O2S. The second kappa shape index (κ2) is 4.75. The Morgan fingerprint density at radius 1 is 1.58 bits per heavy atom. The van der Waals surface area contributed by atoms with Gasteiger partial charge < -0.3 is 5.11 Å². The highest BCUT2D eigenvalue weighted by atomic mass is 32.1. The fourth-order valence-corrected chi connectivity index (χ4v) is 3.11. The standard InChI is InChI=1S/C12H14N4O2S/c1-8-2-3-19-11(8)7-15-4-9(5-15)16-6-10(12(17)18)13-14-16/h2-3,6,9H,4-5,7H2,1H3,(H,17,18). The first-order chi connectivity index (χ1) is 9.13. The van der Waals surface area contributed by atoms with Crippen molar-refractivity contribution in [1.82, 2.24) is 19.9 Å². The lowest BCUT2D eigenvalue weighted by Crippen LogP contribution is -2.47. The summed E-state index contributed by atoms with van der Waals surface area (Å²) >= 11 is 1.78. The average molecular weight is 278 g/mol. The number of thiophene rings is 1. The van der Waals surface area contributed by atoms with Crippen molar-refractivity contribution in [2.24, 2.45) is 0 Å². The van der Waals surface area contributed by atoms with Crippen molar-refractivity contribution in [3.8, 4) is 0 Å². The molecule has 7 heteroatoms. The zero-order valence-corrected chi connectivity index (χ0v) is 11.3. The van der Waals surface area contributed by atoms with Crippen LogP contribution in [0.1, 0.15) is 27.0 Å². The summed E-state index contributed by atoms with van der Waals surface area (Å²) in [7, 11) is 0. The van der Waals surface area contributed by atoms with Gasteiger partial charge in [-0.15, -0.1) is 16.4 Å². The van der Waals surface area contributed by atoms with Crippen molar-refractivity contribution in [3.63, 3.8) is 0 Å². The number of aryl methyl sites for hydroxylation is 1. The van der Waals surface area contributed by atoms with Crippen LogP contribution in [-0.2, 0) is 6.54 Å². The van der Waals surface area contributed by atoms with E-state index in [-0.39, 0.29) is 11.7 Å². The quantitative estimate of drug-likeness (QED) is 0.915. The number of carboxylic acid groups (broad SMARTS) is 1. The molecule has 2 aromatic heterocycles. The third kappa shape index (κ3) is 2.39.